The van der Waals surface area contributed by atoms with E-state index in [0.29, 0.717) is 12.2 Å². The van der Waals surface area contributed by atoms with E-state index in [1.807, 2.05) is 25.1 Å². The summed E-state index contributed by atoms with van der Waals surface area (Å²) in [5, 5.41) is 3.32. The lowest BCUT2D eigenvalue weighted by molar-refractivity contribution is -0.120. The number of nitrogens with one attached hydrogen (secondary N) is 1. The van der Waals surface area contributed by atoms with Crippen LogP contribution in [0.5, 0.6) is 0 Å². The number of rotatable bonds is 2. The van der Waals surface area contributed by atoms with Gasteiger partial charge in [-0.1, -0.05) is 25.1 Å². The van der Waals surface area contributed by atoms with Crippen molar-refractivity contribution in [3.8, 4) is 0 Å². The van der Waals surface area contributed by atoms with Crippen molar-refractivity contribution in [1.82, 2.24) is 0 Å². The molecule has 0 fully saturated rings. The van der Waals surface area contributed by atoms with Gasteiger partial charge in [0, 0.05) is 24.6 Å². The SMILES string of the molecule is CCC(=O)C1CCNc2ccccc21. The number of carbonyl (C=O) groups excluding carboxylic acids is 1. The summed E-state index contributed by atoms with van der Waals surface area (Å²) in [6.45, 7) is 2.85. The van der Waals surface area contributed by atoms with E-state index in [0.717, 1.165) is 18.7 Å². The Kier molecular flexibility index (Phi) is 2.53. The first-order valence-electron chi connectivity index (χ1n) is 5.18. The minimum atomic E-state index is 0.123. The van der Waals surface area contributed by atoms with Crippen LogP contribution in [0.15, 0.2) is 24.3 Å². The Labute approximate surface area is 84.3 Å². The molecule has 1 N–H and O–H groups in total. The Morgan fingerprint density at radius 2 is 2.29 bits per heavy atom. The van der Waals surface area contributed by atoms with Crippen molar-refractivity contribution in [2.75, 3.05) is 11.9 Å². The molecule has 0 aliphatic carbocycles. The van der Waals surface area contributed by atoms with E-state index in [1.54, 1.807) is 0 Å². The average Bonchev–Trinajstić information content (AvgIpc) is 2.27. The average molecular weight is 189 g/mol. The van der Waals surface area contributed by atoms with E-state index < -0.39 is 0 Å². The van der Waals surface area contributed by atoms with Crippen LogP contribution in [0.4, 0.5) is 5.69 Å². The number of Topliss-reactive ketones (excluding diaryl/α,β-unsaturated/α-hetero) is 1. The van der Waals surface area contributed by atoms with E-state index >= 15 is 0 Å². The summed E-state index contributed by atoms with van der Waals surface area (Å²) in [5.74, 6) is 0.483. The normalized spacial score (nSPS) is 19.6. The number of ketones is 1. The smallest absolute Gasteiger partial charge is 0.140 e. The van der Waals surface area contributed by atoms with Crippen LogP contribution < -0.4 is 5.32 Å². The predicted octanol–water partition coefficient (Wildman–Crippen LogP) is 2.56. The third-order valence-electron chi connectivity index (χ3n) is 2.82. The molecule has 0 radical (unpaired) electrons. The van der Waals surface area contributed by atoms with Crippen LogP contribution >= 0.6 is 0 Å². The van der Waals surface area contributed by atoms with Gasteiger partial charge >= 0.3 is 0 Å². The Morgan fingerprint density at radius 3 is 3.07 bits per heavy atom. The molecule has 0 bridgehead atoms. The fourth-order valence-electron chi connectivity index (χ4n) is 2.05. The molecular weight excluding hydrogens is 174 g/mol. The summed E-state index contributed by atoms with van der Waals surface area (Å²) >= 11 is 0. The number of fused-ring (bicyclic) bond motifs is 1. The number of para-hydroxylation sites is 1. The lowest BCUT2D eigenvalue weighted by Gasteiger charge is -2.25. The minimum Gasteiger partial charge on any atom is -0.385 e. The Bertz CT molecular complexity index is 346. The molecule has 0 saturated heterocycles. The van der Waals surface area contributed by atoms with Crippen LogP contribution in [0, 0.1) is 0 Å². The molecule has 2 rings (SSSR count). The monoisotopic (exact) mass is 189 g/mol. The van der Waals surface area contributed by atoms with Gasteiger partial charge in [0.15, 0.2) is 0 Å². The van der Waals surface area contributed by atoms with Crippen molar-refractivity contribution >= 4 is 11.5 Å². The number of hydrogen-bond donors (Lipinski definition) is 1. The quantitative estimate of drug-likeness (QED) is 0.774. The first-order valence-corrected chi connectivity index (χ1v) is 5.18. The van der Waals surface area contributed by atoms with Crippen molar-refractivity contribution in [2.45, 2.75) is 25.7 Å². The van der Waals surface area contributed by atoms with Crippen LogP contribution in [0.2, 0.25) is 0 Å². The van der Waals surface area contributed by atoms with Crippen molar-refractivity contribution in [1.29, 1.82) is 0 Å². The molecule has 0 saturated carbocycles. The van der Waals surface area contributed by atoms with Crippen molar-refractivity contribution in [3.05, 3.63) is 29.8 Å². The Balaban J connectivity index is 2.35. The predicted molar refractivity (Wildman–Crippen MR) is 57.6 cm³/mol. The second kappa shape index (κ2) is 3.82. The van der Waals surface area contributed by atoms with Crippen LogP contribution in [0.3, 0.4) is 0 Å². The van der Waals surface area contributed by atoms with Crippen molar-refractivity contribution in [3.63, 3.8) is 0 Å². The zero-order valence-corrected chi connectivity index (χ0v) is 8.42. The summed E-state index contributed by atoms with van der Waals surface area (Å²) in [6, 6.07) is 8.11. The maximum absolute atomic E-state index is 11.7. The van der Waals surface area contributed by atoms with Gasteiger partial charge in [-0.2, -0.15) is 0 Å². The van der Waals surface area contributed by atoms with Gasteiger partial charge in [0.25, 0.3) is 0 Å². The molecule has 2 heteroatoms. The third kappa shape index (κ3) is 1.52. The van der Waals surface area contributed by atoms with E-state index in [1.165, 1.54) is 5.56 Å². The van der Waals surface area contributed by atoms with Gasteiger partial charge in [-0.25, -0.2) is 0 Å². The summed E-state index contributed by atoms with van der Waals surface area (Å²) in [6.07, 6.45) is 1.57. The maximum atomic E-state index is 11.7. The Morgan fingerprint density at radius 1 is 1.50 bits per heavy atom. The van der Waals surface area contributed by atoms with Gasteiger partial charge < -0.3 is 5.32 Å². The van der Waals surface area contributed by atoms with Crippen LogP contribution in [0.1, 0.15) is 31.2 Å². The van der Waals surface area contributed by atoms with E-state index in [-0.39, 0.29) is 5.92 Å². The van der Waals surface area contributed by atoms with E-state index in [9.17, 15) is 4.79 Å². The fraction of sp³-hybridized carbons (Fsp3) is 0.417. The maximum Gasteiger partial charge on any atom is 0.140 e. The largest absolute Gasteiger partial charge is 0.385 e. The molecule has 1 aliphatic heterocycles. The summed E-state index contributed by atoms with van der Waals surface area (Å²) in [4.78, 5) is 11.7. The van der Waals surface area contributed by atoms with Gasteiger partial charge in [0.05, 0.1) is 0 Å². The number of anilines is 1. The highest BCUT2D eigenvalue weighted by atomic mass is 16.1. The third-order valence-corrected chi connectivity index (χ3v) is 2.82. The van der Waals surface area contributed by atoms with E-state index in [4.69, 9.17) is 0 Å². The van der Waals surface area contributed by atoms with Gasteiger partial charge in [-0.3, -0.25) is 4.79 Å². The van der Waals surface area contributed by atoms with Crippen LogP contribution in [0.25, 0.3) is 0 Å². The molecule has 2 nitrogen and oxygen atoms in total. The molecule has 14 heavy (non-hydrogen) atoms. The summed E-state index contributed by atoms with van der Waals surface area (Å²) in [5.41, 5.74) is 2.30. The molecule has 1 heterocycles. The molecule has 0 amide bonds. The lowest BCUT2D eigenvalue weighted by Crippen LogP contribution is -2.22. The molecule has 1 aliphatic rings. The highest BCUT2D eigenvalue weighted by molar-refractivity contribution is 5.87. The van der Waals surface area contributed by atoms with E-state index in [2.05, 4.69) is 11.4 Å². The van der Waals surface area contributed by atoms with Gasteiger partial charge in [0.2, 0.25) is 0 Å². The highest BCUT2D eigenvalue weighted by Gasteiger charge is 2.24. The lowest BCUT2D eigenvalue weighted by atomic mass is 9.87. The zero-order valence-electron chi connectivity index (χ0n) is 8.42. The molecule has 1 atom stereocenters. The molecular formula is C12H15NO. The van der Waals surface area contributed by atoms with Gasteiger partial charge in [-0.15, -0.1) is 0 Å². The first-order chi connectivity index (χ1) is 6.83. The molecule has 0 spiro atoms. The Hall–Kier alpha value is -1.31. The van der Waals surface area contributed by atoms with Crippen molar-refractivity contribution in [2.24, 2.45) is 0 Å². The molecule has 0 aromatic heterocycles. The standard InChI is InChI=1S/C12H15NO/c1-2-12(14)10-7-8-13-11-6-4-3-5-9(10)11/h3-6,10,13H,2,7-8H2,1H3. The minimum absolute atomic E-state index is 0.123. The summed E-state index contributed by atoms with van der Waals surface area (Å²) < 4.78 is 0. The zero-order chi connectivity index (χ0) is 9.97. The second-order valence-electron chi connectivity index (χ2n) is 3.68. The first kappa shape index (κ1) is 9.25. The number of hydrogen-bond acceptors (Lipinski definition) is 2. The molecule has 1 aromatic rings. The van der Waals surface area contributed by atoms with Gasteiger partial charge in [0.1, 0.15) is 5.78 Å². The fourth-order valence-corrected chi connectivity index (χ4v) is 2.05. The van der Waals surface area contributed by atoms with Crippen molar-refractivity contribution < 1.29 is 4.79 Å². The summed E-state index contributed by atoms with van der Waals surface area (Å²) in [7, 11) is 0. The second-order valence-corrected chi connectivity index (χ2v) is 3.68. The molecule has 1 unspecified atom stereocenters. The molecule has 74 valence electrons. The highest BCUT2D eigenvalue weighted by Crippen LogP contribution is 2.32. The van der Waals surface area contributed by atoms with Crippen LogP contribution in [-0.2, 0) is 4.79 Å². The van der Waals surface area contributed by atoms with Gasteiger partial charge in [-0.05, 0) is 18.1 Å². The number of carbonyl (C=O) groups is 1. The molecule has 1 aromatic carbocycles. The number of benzene rings is 1. The topological polar surface area (TPSA) is 29.1 Å². The van der Waals surface area contributed by atoms with Crippen LogP contribution in [-0.4, -0.2) is 12.3 Å².